The van der Waals surface area contributed by atoms with Crippen LogP contribution in [0.2, 0.25) is 0 Å². The molecule has 184 valence electrons. The highest BCUT2D eigenvalue weighted by atomic mass is 16.5. The van der Waals surface area contributed by atoms with Gasteiger partial charge in [-0.3, -0.25) is 4.79 Å². The largest absolute Gasteiger partial charge is 0.490 e. The Morgan fingerprint density at radius 2 is 1.78 bits per heavy atom. The summed E-state index contributed by atoms with van der Waals surface area (Å²) >= 11 is 0. The fourth-order valence-electron chi connectivity index (χ4n) is 4.93. The van der Waals surface area contributed by atoms with Gasteiger partial charge in [0.05, 0.1) is 18.9 Å². The molecule has 0 unspecified atom stereocenters. The summed E-state index contributed by atoms with van der Waals surface area (Å²) in [5.74, 6) is 1.02. The Labute approximate surface area is 213 Å². The molecule has 0 saturated carbocycles. The van der Waals surface area contributed by atoms with Crippen LogP contribution in [-0.2, 0) is 4.74 Å². The molecule has 1 fully saturated rings. The van der Waals surface area contributed by atoms with E-state index in [1.54, 1.807) is 6.92 Å². The van der Waals surface area contributed by atoms with E-state index >= 15 is 0 Å². The molecule has 0 atom stereocenters. The summed E-state index contributed by atoms with van der Waals surface area (Å²) in [6, 6.07) is 18.9. The summed E-state index contributed by atoms with van der Waals surface area (Å²) < 4.78 is 11.9. The smallest absolute Gasteiger partial charge is 0.159 e. The van der Waals surface area contributed by atoms with Crippen LogP contribution in [0.5, 0.6) is 5.75 Å². The minimum atomic E-state index is 0.0931. The number of ketones is 1. The molecule has 36 heavy (non-hydrogen) atoms. The number of ether oxygens (including phenoxy) is 2. The van der Waals surface area contributed by atoms with Crippen LogP contribution in [0.25, 0.3) is 28.5 Å². The molecule has 2 heterocycles. The van der Waals surface area contributed by atoms with Gasteiger partial charge in [-0.05, 0) is 84.8 Å². The zero-order chi connectivity index (χ0) is 25.2. The first-order valence-electron chi connectivity index (χ1n) is 12.7. The number of hydrogen-bond donors (Lipinski definition) is 1. The summed E-state index contributed by atoms with van der Waals surface area (Å²) in [6.45, 7) is 9.51. The maximum atomic E-state index is 11.7. The fourth-order valence-corrected chi connectivity index (χ4v) is 4.93. The Bertz CT molecular complexity index is 1380. The zero-order valence-electron chi connectivity index (χ0n) is 21.5. The molecule has 3 aromatic rings. The number of allylic oxidation sites excluding steroid dienone is 1. The zero-order valence-corrected chi connectivity index (χ0v) is 21.5. The van der Waals surface area contributed by atoms with Gasteiger partial charge in [0.2, 0.25) is 0 Å². The van der Waals surface area contributed by atoms with E-state index in [9.17, 15) is 4.79 Å². The van der Waals surface area contributed by atoms with E-state index in [1.807, 2.05) is 18.3 Å². The second-order valence-electron chi connectivity index (χ2n) is 9.78. The van der Waals surface area contributed by atoms with Crippen LogP contribution in [0.1, 0.15) is 64.9 Å². The van der Waals surface area contributed by atoms with Crippen LogP contribution in [0.3, 0.4) is 0 Å². The first kappa shape index (κ1) is 24.1. The summed E-state index contributed by atoms with van der Waals surface area (Å²) in [4.78, 5) is 11.7. The minimum Gasteiger partial charge on any atom is -0.490 e. The van der Waals surface area contributed by atoms with Crippen molar-refractivity contribution in [3.8, 4) is 16.9 Å². The molecule has 3 aromatic carbocycles. The Kier molecular flexibility index (Phi) is 6.80. The topological polar surface area (TPSA) is 57.5 Å². The molecule has 4 nitrogen and oxygen atoms in total. The van der Waals surface area contributed by atoms with Gasteiger partial charge in [-0.1, -0.05) is 42.5 Å². The highest BCUT2D eigenvalue weighted by Crippen LogP contribution is 2.37. The second-order valence-corrected chi connectivity index (χ2v) is 9.78. The predicted molar refractivity (Wildman–Crippen MR) is 147 cm³/mol. The quantitative estimate of drug-likeness (QED) is 0.288. The molecule has 4 heteroatoms. The molecule has 0 aromatic heterocycles. The maximum Gasteiger partial charge on any atom is 0.159 e. The molecule has 0 bridgehead atoms. The number of Topliss-reactive ketones (excluding diaryl/α,β-unsaturated/α-hetero) is 1. The van der Waals surface area contributed by atoms with Crippen molar-refractivity contribution in [2.45, 2.75) is 46.6 Å². The van der Waals surface area contributed by atoms with Crippen LogP contribution in [0.4, 0.5) is 0 Å². The second kappa shape index (κ2) is 10.2. The summed E-state index contributed by atoms with van der Waals surface area (Å²) in [7, 11) is 0. The van der Waals surface area contributed by atoms with Crippen LogP contribution in [-0.4, -0.2) is 25.1 Å². The molecule has 5 rings (SSSR count). The minimum absolute atomic E-state index is 0.0931. The lowest BCUT2D eigenvalue weighted by atomic mass is 9.92. The van der Waals surface area contributed by atoms with Gasteiger partial charge >= 0.3 is 0 Å². The van der Waals surface area contributed by atoms with E-state index in [2.05, 4.69) is 74.6 Å². The molecular weight excluding hydrogens is 446 g/mol. The number of nitrogens with one attached hydrogen (secondary N) is 1. The Balaban J connectivity index is 1.45. The van der Waals surface area contributed by atoms with Crippen molar-refractivity contribution < 1.29 is 14.3 Å². The first-order chi connectivity index (χ1) is 17.4. The van der Waals surface area contributed by atoms with Gasteiger partial charge in [0.25, 0.3) is 0 Å². The molecule has 0 amide bonds. The first-order valence-corrected chi connectivity index (χ1v) is 12.7. The third kappa shape index (κ3) is 5.14. The van der Waals surface area contributed by atoms with Gasteiger partial charge in [0, 0.05) is 30.2 Å². The van der Waals surface area contributed by atoms with Gasteiger partial charge < -0.3 is 14.8 Å². The molecule has 0 radical (unpaired) electrons. The van der Waals surface area contributed by atoms with Gasteiger partial charge in [-0.15, -0.1) is 0 Å². The third-order valence-electron chi connectivity index (χ3n) is 7.14. The average molecular weight is 480 g/mol. The number of benzene rings is 3. The number of aryl methyl sites for hydroxylation is 1. The normalized spacial score (nSPS) is 15.8. The van der Waals surface area contributed by atoms with Crippen molar-refractivity contribution in [3.05, 3.63) is 94.2 Å². The predicted octanol–water partition coefficient (Wildman–Crippen LogP) is 7.19. The molecule has 2 aliphatic heterocycles. The van der Waals surface area contributed by atoms with Crippen LogP contribution >= 0.6 is 0 Å². The number of hydrogen-bond acceptors (Lipinski definition) is 4. The Hall–Kier alpha value is -3.63. The molecule has 1 N–H and O–H groups in total. The summed E-state index contributed by atoms with van der Waals surface area (Å²) in [5.41, 5.74) is 11.2. The van der Waals surface area contributed by atoms with Gasteiger partial charge in [-0.2, -0.15) is 0 Å². The standard InChI is InChI=1S/C32H33NO3/c1-20(28-10-8-25(23(4)34)17-21(28)2)16-24-6-5-7-29(22(24)3)26-9-11-32(30(18-26)31-19-33-31)36-27-12-14-35-15-13-27/h5-11,16-19,27,33H,12-15H2,1-4H3/b20-16+. The van der Waals surface area contributed by atoms with E-state index < -0.39 is 0 Å². The number of carbonyl (C=O) groups is 1. The lowest BCUT2D eigenvalue weighted by molar-refractivity contribution is 0.0254. The van der Waals surface area contributed by atoms with Crippen molar-refractivity contribution >= 4 is 23.1 Å². The van der Waals surface area contributed by atoms with Crippen LogP contribution < -0.4 is 10.1 Å². The highest BCUT2D eigenvalue weighted by Gasteiger charge is 2.21. The van der Waals surface area contributed by atoms with Crippen LogP contribution in [0.15, 0.2) is 60.8 Å². The van der Waals surface area contributed by atoms with Gasteiger partial charge in [0.15, 0.2) is 5.78 Å². The summed E-state index contributed by atoms with van der Waals surface area (Å²) in [5, 5.41) is 3.25. The molecular formula is C32H33NO3. The van der Waals surface area contributed by atoms with Crippen molar-refractivity contribution in [2.24, 2.45) is 0 Å². The average Bonchev–Trinajstić information content (AvgIpc) is 3.71. The van der Waals surface area contributed by atoms with Gasteiger partial charge in [0.1, 0.15) is 11.9 Å². The van der Waals surface area contributed by atoms with E-state index in [0.29, 0.717) is 0 Å². The SMILES string of the molecule is CC(=O)c1ccc(/C(C)=C/c2cccc(-c3ccc(OC4CCOCC4)c(C4=CN4)c3)c2C)c(C)c1. The lowest BCUT2D eigenvalue weighted by Gasteiger charge is -2.24. The summed E-state index contributed by atoms with van der Waals surface area (Å²) in [6.07, 6.45) is 6.32. The lowest BCUT2D eigenvalue weighted by Crippen LogP contribution is -2.26. The highest BCUT2D eigenvalue weighted by molar-refractivity contribution is 5.95. The van der Waals surface area contributed by atoms with Crippen molar-refractivity contribution in [1.29, 1.82) is 0 Å². The molecule has 2 aliphatic rings. The van der Waals surface area contributed by atoms with E-state index in [0.717, 1.165) is 59.8 Å². The van der Waals surface area contributed by atoms with E-state index in [1.165, 1.54) is 27.8 Å². The maximum absolute atomic E-state index is 11.7. The van der Waals surface area contributed by atoms with Crippen molar-refractivity contribution in [2.75, 3.05) is 13.2 Å². The molecule has 0 spiro atoms. The van der Waals surface area contributed by atoms with Crippen molar-refractivity contribution in [3.63, 3.8) is 0 Å². The monoisotopic (exact) mass is 479 g/mol. The number of carbonyl (C=O) groups excluding carboxylic acids is 1. The van der Waals surface area contributed by atoms with E-state index in [-0.39, 0.29) is 11.9 Å². The number of rotatable bonds is 7. The van der Waals surface area contributed by atoms with Gasteiger partial charge in [-0.25, -0.2) is 0 Å². The Morgan fingerprint density at radius 1 is 1.00 bits per heavy atom. The van der Waals surface area contributed by atoms with E-state index in [4.69, 9.17) is 9.47 Å². The van der Waals surface area contributed by atoms with Crippen molar-refractivity contribution in [1.82, 2.24) is 5.32 Å². The Morgan fingerprint density at radius 3 is 2.47 bits per heavy atom. The third-order valence-corrected chi connectivity index (χ3v) is 7.14. The molecule has 1 saturated heterocycles. The molecule has 0 aliphatic carbocycles. The fraction of sp³-hybridized carbons (Fsp3) is 0.281. The van der Waals surface area contributed by atoms with Crippen LogP contribution in [0, 0.1) is 13.8 Å².